The number of hydrogen-bond donors (Lipinski definition) is 4. The van der Waals surface area contributed by atoms with Gasteiger partial charge in [-0.2, -0.15) is 0 Å². The first-order valence-corrected chi connectivity index (χ1v) is 11.7. The third-order valence-electron chi connectivity index (χ3n) is 4.42. The van der Waals surface area contributed by atoms with Crippen molar-refractivity contribution < 1.29 is 25.2 Å². The second-order valence-corrected chi connectivity index (χ2v) is 7.52. The minimum absolute atomic E-state index is 0.345. The van der Waals surface area contributed by atoms with Crippen LogP contribution < -0.4 is 0 Å². The third-order valence-corrected chi connectivity index (χ3v) is 4.42. The summed E-state index contributed by atoms with van der Waals surface area (Å²) in [7, 11) is 0. The number of carboxylic acids is 1. The van der Waals surface area contributed by atoms with Crippen LogP contribution in [0, 0.1) is 0 Å². The van der Waals surface area contributed by atoms with Crippen LogP contribution in [-0.2, 0) is 4.79 Å². The van der Waals surface area contributed by atoms with Gasteiger partial charge in [0.05, 0.1) is 13.2 Å². The van der Waals surface area contributed by atoms with Gasteiger partial charge in [-0.3, -0.25) is 4.79 Å². The molecule has 4 N–H and O–H groups in total. The molecule has 0 radical (unpaired) electrons. The molecule has 5 heteroatoms. The van der Waals surface area contributed by atoms with Gasteiger partial charge in [-0.05, 0) is 13.3 Å². The molecule has 29 heavy (non-hydrogen) atoms. The molecule has 0 amide bonds. The Morgan fingerprint density at radius 1 is 0.759 bits per heavy atom. The first-order chi connectivity index (χ1) is 14.0. The van der Waals surface area contributed by atoms with Crippen LogP contribution in [-0.4, -0.2) is 45.7 Å². The van der Waals surface area contributed by atoms with E-state index in [1.807, 2.05) is 6.92 Å². The van der Waals surface area contributed by atoms with Gasteiger partial charge in [0.15, 0.2) is 0 Å². The SMILES string of the molecule is C=CC.CCCCCCCCCCCCCCCCCC(=O)O.OCC(O)CO. The van der Waals surface area contributed by atoms with E-state index in [-0.39, 0.29) is 13.2 Å². The molecule has 176 valence electrons. The largest absolute Gasteiger partial charge is 0.481 e. The second kappa shape index (κ2) is 31.8. The number of aliphatic hydroxyl groups excluding tert-OH is 3. The van der Waals surface area contributed by atoms with Crippen molar-refractivity contribution in [1.29, 1.82) is 0 Å². The van der Waals surface area contributed by atoms with Crippen LogP contribution in [0.5, 0.6) is 0 Å². The second-order valence-electron chi connectivity index (χ2n) is 7.52. The number of allylic oxidation sites excluding steroid dienone is 1. The van der Waals surface area contributed by atoms with Crippen LogP contribution in [0.4, 0.5) is 0 Å². The van der Waals surface area contributed by atoms with Crippen molar-refractivity contribution in [2.45, 2.75) is 123 Å². The van der Waals surface area contributed by atoms with Gasteiger partial charge in [0, 0.05) is 6.42 Å². The summed E-state index contributed by atoms with van der Waals surface area (Å²) in [6, 6.07) is 0. The fourth-order valence-electron chi connectivity index (χ4n) is 2.71. The van der Waals surface area contributed by atoms with Crippen LogP contribution in [0.15, 0.2) is 12.7 Å². The van der Waals surface area contributed by atoms with E-state index in [1.165, 1.54) is 83.5 Å². The summed E-state index contributed by atoms with van der Waals surface area (Å²) in [6.45, 7) is 6.79. The highest BCUT2D eigenvalue weighted by Crippen LogP contribution is 2.13. The summed E-state index contributed by atoms with van der Waals surface area (Å²) in [5, 5.41) is 32.5. The molecule has 0 heterocycles. The van der Waals surface area contributed by atoms with Crippen molar-refractivity contribution in [2.75, 3.05) is 13.2 Å². The van der Waals surface area contributed by atoms with Crippen molar-refractivity contribution in [3.8, 4) is 0 Å². The molecule has 0 aromatic carbocycles. The van der Waals surface area contributed by atoms with Gasteiger partial charge in [0.25, 0.3) is 0 Å². The fraction of sp³-hybridized carbons (Fsp3) is 0.875. The molecule has 0 bridgehead atoms. The van der Waals surface area contributed by atoms with Crippen molar-refractivity contribution in [1.82, 2.24) is 0 Å². The fourth-order valence-corrected chi connectivity index (χ4v) is 2.71. The Bertz CT molecular complexity index is 304. The number of rotatable bonds is 18. The van der Waals surface area contributed by atoms with Crippen LogP contribution in [0.3, 0.4) is 0 Å². The Morgan fingerprint density at radius 2 is 1.03 bits per heavy atom. The lowest BCUT2D eigenvalue weighted by Gasteiger charge is -2.03. The van der Waals surface area contributed by atoms with E-state index in [0.717, 1.165) is 12.8 Å². The van der Waals surface area contributed by atoms with Crippen LogP contribution in [0.1, 0.15) is 117 Å². The van der Waals surface area contributed by atoms with Gasteiger partial charge < -0.3 is 20.4 Å². The van der Waals surface area contributed by atoms with E-state index in [4.69, 9.17) is 20.4 Å². The zero-order valence-electron chi connectivity index (χ0n) is 19.3. The highest BCUT2D eigenvalue weighted by atomic mass is 16.4. The summed E-state index contributed by atoms with van der Waals surface area (Å²) in [5.74, 6) is -0.653. The molecular weight excluding hydrogens is 368 g/mol. The molecule has 0 aliphatic carbocycles. The Kier molecular flexibility index (Phi) is 35.9. The molecule has 0 spiro atoms. The van der Waals surface area contributed by atoms with Gasteiger partial charge >= 0.3 is 5.97 Å². The zero-order chi connectivity index (χ0) is 22.6. The molecule has 0 atom stereocenters. The molecular formula is C24H50O5. The molecule has 0 saturated carbocycles. The van der Waals surface area contributed by atoms with E-state index < -0.39 is 12.1 Å². The zero-order valence-corrected chi connectivity index (χ0v) is 19.3. The monoisotopic (exact) mass is 418 g/mol. The molecule has 0 aromatic rings. The quantitative estimate of drug-likeness (QED) is 0.165. The predicted octanol–water partition coefficient (Wildman–Crippen LogP) is 5.86. The van der Waals surface area contributed by atoms with Gasteiger partial charge in [-0.15, -0.1) is 6.58 Å². The van der Waals surface area contributed by atoms with Crippen molar-refractivity contribution in [3.05, 3.63) is 12.7 Å². The predicted molar refractivity (Wildman–Crippen MR) is 123 cm³/mol. The van der Waals surface area contributed by atoms with Crippen molar-refractivity contribution in [2.24, 2.45) is 0 Å². The first kappa shape index (κ1) is 32.7. The molecule has 0 aliphatic rings. The average molecular weight is 419 g/mol. The third kappa shape index (κ3) is 42.3. The number of unbranched alkanes of at least 4 members (excludes halogenated alkanes) is 14. The summed E-state index contributed by atoms with van der Waals surface area (Å²) >= 11 is 0. The van der Waals surface area contributed by atoms with Gasteiger partial charge in [0.2, 0.25) is 0 Å². The lowest BCUT2D eigenvalue weighted by Crippen LogP contribution is -2.15. The van der Waals surface area contributed by atoms with Gasteiger partial charge in [0.1, 0.15) is 6.10 Å². The maximum Gasteiger partial charge on any atom is 0.303 e. The topological polar surface area (TPSA) is 98.0 Å². The summed E-state index contributed by atoms with van der Waals surface area (Å²) in [6.07, 6.45) is 21.0. The van der Waals surface area contributed by atoms with Crippen molar-refractivity contribution >= 4 is 5.97 Å². The Labute approximate surface area is 180 Å². The number of hydrogen-bond acceptors (Lipinski definition) is 4. The van der Waals surface area contributed by atoms with Crippen molar-refractivity contribution in [3.63, 3.8) is 0 Å². The number of aliphatic carboxylic acids is 1. The summed E-state index contributed by atoms with van der Waals surface area (Å²) in [4.78, 5) is 10.3. The van der Waals surface area contributed by atoms with E-state index in [2.05, 4.69) is 13.5 Å². The standard InChI is InChI=1S/C18H36O2.C3H8O3.C3H6/c1-2-3-4-5-6-7-8-9-10-11-12-13-14-15-16-17-18(19)20;4-1-3(6)2-5;1-3-2/h2-17H2,1H3,(H,19,20);3-6H,1-2H2;3H,1H2,2H3. The number of carboxylic acid groups (broad SMARTS) is 1. The van der Waals surface area contributed by atoms with E-state index in [1.54, 1.807) is 6.08 Å². The number of aliphatic hydroxyl groups is 3. The number of carbonyl (C=O) groups is 1. The molecule has 0 unspecified atom stereocenters. The maximum absolute atomic E-state index is 10.3. The molecule has 0 fully saturated rings. The first-order valence-electron chi connectivity index (χ1n) is 11.7. The summed E-state index contributed by atoms with van der Waals surface area (Å²) in [5.41, 5.74) is 0. The maximum atomic E-state index is 10.3. The van der Waals surface area contributed by atoms with Crippen LogP contribution >= 0.6 is 0 Å². The van der Waals surface area contributed by atoms with E-state index in [0.29, 0.717) is 6.42 Å². The summed E-state index contributed by atoms with van der Waals surface area (Å²) < 4.78 is 0. The molecule has 0 aromatic heterocycles. The van der Waals surface area contributed by atoms with Crippen LogP contribution in [0.25, 0.3) is 0 Å². The minimum Gasteiger partial charge on any atom is -0.481 e. The smallest absolute Gasteiger partial charge is 0.303 e. The van der Waals surface area contributed by atoms with Gasteiger partial charge in [-0.25, -0.2) is 0 Å². The highest BCUT2D eigenvalue weighted by Gasteiger charge is 1.97. The molecule has 0 saturated heterocycles. The van der Waals surface area contributed by atoms with E-state index in [9.17, 15) is 4.79 Å². The Hall–Kier alpha value is -0.910. The molecule has 0 aliphatic heterocycles. The Morgan fingerprint density at radius 3 is 1.24 bits per heavy atom. The highest BCUT2D eigenvalue weighted by molar-refractivity contribution is 5.66. The average Bonchev–Trinajstić information content (AvgIpc) is 2.71. The Balaban J connectivity index is -0.000000625. The lowest BCUT2D eigenvalue weighted by molar-refractivity contribution is -0.137. The van der Waals surface area contributed by atoms with E-state index >= 15 is 0 Å². The normalized spacial score (nSPS) is 10.0. The molecule has 0 rings (SSSR count). The minimum atomic E-state index is -0.954. The lowest BCUT2D eigenvalue weighted by atomic mass is 10.0. The van der Waals surface area contributed by atoms with Crippen LogP contribution in [0.2, 0.25) is 0 Å². The van der Waals surface area contributed by atoms with Gasteiger partial charge in [-0.1, -0.05) is 103 Å². The molecule has 5 nitrogen and oxygen atoms in total.